The summed E-state index contributed by atoms with van der Waals surface area (Å²) < 4.78 is 50.0. The van der Waals surface area contributed by atoms with Gasteiger partial charge in [0.05, 0.1) is 18.7 Å². The van der Waals surface area contributed by atoms with Crippen LogP contribution in [-0.4, -0.2) is 42.2 Å². The molecule has 0 radical (unpaired) electrons. The van der Waals surface area contributed by atoms with Crippen molar-refractivity contribution in [3.63, 3.8) is 0 Å². The molecular formula is C23H27N3O7S. The van der Waals surface area contributed by atoms with E-state index in [-0.39, 0.29) is 42.8 Å². The van der Waals surface area contributed by atoms with Crippen molar-refractivity contribution in [1.29, 1.82) is 0 Å². The summed E-state index contributed by atoms with van der Waals surface area (Å²) in [6, 6.07) is 5.30. The highest BCUT2D eigenvalue weighted by molar-refractivity contribution is 7.89. The molecule has 34 heavy (non-hydrogen) atoms. The van der Waals surface area contributed by atoms with Gasteiger partial charge >= 0.3 is 5.97 Å². The van der Waals surface area contributed by atoms with Crippen molar-refractivity contribution >= 4 is 16.0 Å². The van der Waals surface area contributed by atoms with Crippen molar-refractivity contribution < 1.29 is 31.9 Å². The van der Waals surface area contributed by atoms with Gasteiger partial charge < -0.3 is 23.7 Å². The predicted molar refractivity (Wildman–Crippen MR) is 121 cm³/mol. The SMILES string of the molecule is CCOC(=O)c1c(C)[nH]c(CN(Cc2ccc3c(c2)OCO3)S(=O)(=O)c2c(C)noc2C)c1C. The van der Waals surface area contributed by atoms with Crippen molar-refractivity contribution in [2.75, 3.05) is 13.4 Å². The van der Waals surface area contributed by atoms with Crippen molar-refractivity contribution in [3.8, 4) is 11.5 Å². The fourth-order valence-electron chi connectivity index (χ4n) is 4.10. The van der Waals surface area contributed by atoms with Crippen LogP contribution in [0.25, 0.3) is 0 Å². The molecule has 3 heterocycles. The fourth-order valence-corrected chi connectivity index (χ4v) is 5.79. The zero-order chi connectivity index (χ0) is 24.6. The van der Waals surface area contributed by atoms with E-state index in [2.05, 4.69) is 10.1 Å². The molecule has 0 amide bonds. The summed E-state index contributed by atoms with van der Waals surface area (Å²) in [5.41, 5.74) is 3.25. The molecule has 1 aromatic carbocycles. The molecule has 0 fully saturated rings. The molecule has 4 rings (SSSR count). The summed E-state index contributed by atoms with van der Waals surface area (Å²) in [5, 5.41) is 3.82. The second-order valence-corrected chi connectivity index (χ2v) is 9.94. The highest BCUT2D eigenvalue weighted by Crippen LogP contribution is 2.34. The van der Waals surface area contributed by atoms with Crippen LogP contribution in [0.15, 0.2) is 27.6 Å². The second-order valence-electron chi connectivity index (χ2n) is 8.06. The smallest absolute Gasteiger partial charge is 0.340 e. The third-order valence-corrected chi connectivity index (χ3v) is 7.75. The van der Waals surface area contributed by atoms with Gasteiger partial charge in [-0.3, -0.25) is 0 Å². The maximum Gasteiger partial charge on any atom is 0.340 e. The average molecular weight is 490 g/mol. The molecule has 11 heteroatoms. The van der Waals surface area contributed by atoms with Crippen LogP contribution in [0.5, 0.6) is 11.5 Å². The minimum Gasteiger partial charge on any atom is -0.462 e. The number of nitrogens with one attached hydrogen (secondary N) is 1. The Morgan fingerprint density at radius 1 is 1.15 bits per heavy atom. The Balaban J connectivity index is 1.74. The monoisotopic (exact) mass is 489 g/mol. The Bertz CT molecular complexity index is 1320. The van der Waals surface area contributed by atoms with Gasteiger partial charge in [0, 0.05) is 17.9 Å². The minimum absolute atomic E-state index is 0.00703. The van der Waals surface area contributed by atoms with E-state index in [0.29, 0.717) is 39.6 Å². The lowest BCUT2D eigenvalue weighted by molar-refractivity contribution is 0.0525. The first kappa shape index (κ1) is 23.8. The third kappa shape index (κ3) is 4.28. The Labute approximate surface area is 197 Å². The summed E-state index contributed by atoms with van der Waals surface area (Å²) in [7, 11) is -4.01. The number of H-pyrrole nitrogens is 1. The van der Waals surface area contributed by atoms with E-state index in [1.54, 1.807) is 52.8 Å². The van der Waals surface area contributed by atoms with E-state index in [4.69, 9.17) is 18.7 Å². The molecule has 0 unspecified atom stereocenters. The van der Waals surface area contributed by atoms with Crippen LogP contribution in [0.4, 0.5) is 0 Å². The summed E-state index contributed by atoms with van der Waals surface area (Å²) in [4.78, 5) is 15.6. The maximum atomic E-state index is 13.8. The zero-order valence-corrected chi connectivity index (χ0v) is 20.5. The first-order valence-electron chi connectivity index (χ1n) is 10.8. The number of aromatic amines is 1. The second kappa shape index (κ2) is 9.15. The first-order chi connectivity index (χ1) is 16.1. The quantitative estimate of drug-likeness (QED) is 0.477. The van der Waals surface area contributed by atoms with Crippen LogP contribution >= 0.6 is 0 Å². The number of rotatable bonds is 8. The summed E-state index contributed by atoms with van der Waals surface area (Å²) in [5.74, 6) is 0.929. The number of aryl methyl sites for hydroxylation is 3. The topological polar surface area (TPSA) is 124 Å². The minimum atomic E-state index is -4.01. The van der Waals surface area contributed by atoms with Crippen LogP contribution in [0.2, 0.25) is 0 Å². The van der Waals surface area contributed by atoms with Gasteiger partial charge in [-0.2, -0.15) is 4.31 Å². The van der Waals surface area contributed by atoms with Gasteiger partial charge in [0.1, 0.15) is 10.6 Å². The molecule has 0 saturated heterocycles. The van der Waals surface area contributed by atoms with Gasteiger partial charge in [-0.05, 0) is 57.9 Å². The molecule has 0 spiro atoms. The van der Waals surface area contributed by atoms with E-state index in [9.17, 15) is 13.2 Å². The number of aromatic nitrogens is 2. The number of sulfonamides is 1. The summed E-state index contributed by atoms with van der Waals surface area (Å²) in [6.07, 6.45) is 0. The van der Waals surface area contributed by atoms with Crippen molar-refractivity contribution in [2.24, 2.45) is 0 Å². The van der Waals surface area contributed by atoms with E-state index in [1.165, 1.54) is 4.31 Å². The largest absolute Gasteiger partial charge is 0.462 e. The lowest BCUT2D eigenvalue weighted by Crippen LogP contribution is -2.31. The van der Waals surface area contributed by atoms with E-state index in [0.717, 1.165) is 0 Å². The predicted octanol–water partition coefficient (Wildman–Crippen LogP) is 3.53. The molecule has 1 aliphatic heterocycles. The number of esters is 1. The molecule has 0 saturated carbocycles. The number of fused-ring (bicyclic) bond motifs is 1. The molecule has 0 bridgehead atoms. The third-order valence-electron chi connectivity index (χ3n) is 5.72. The van der Waals surface area contributed by atoms with E-state index >= 15 is 0 Å². The molecular weight excluding hydrogens is 462 g/mol. The maximum absolute atomic E-state index is 13.8. The number of nitrogens with zero attached hydrogens (tertiary/aromatic N) is 2. The normalized spacial score (nSPS) is 13.0. The molecule has 0 aliphatic carbocycles. The Hall–Kier alpha value is -3.31. The zero-order valence-electron chi connectivity index (χ0n) is 19.7. The highest BCUT2D eigenvalue weighted by atomic mass is 32.2. The molecule has 10 nitrogen and oxygen atoms in total. The fraction of sp³-hybridized carbons (Fsp3) is 0.391. The van der Waals surface area contributed by atoms with Crippen LogP contribution in [-0.2, 0) is 27.8 Å². The number of hydrogen-bond donors (Lipinski definition) is 1. The van der Waals surface area contributed by atoms with E-state index < -0.39 is 16.0 Å². The standard InChI is InChI=1S/C23H27N3O7S/c1-6-30-23(27)21-13(2)18(24-14(21)3)11-26(34(28,29)22-15(4)25-33-16(22)5)10-17-7-8-19-20(9-17)32-12-31-19/h7-9,24H,6,10-12H2,1-5H3. The molecule has 1 N–H and O–H groups in total. The molecule has 0 atom stereocenters. The lowest BCUT2D eigenvalue weighted by Gasteiger charge is -2.22. The Kier molecular flexibility index (Phi) is 6.41. The number of carbonyl (C=O) groups excluding carboxylic acids is 1. The van der Waals surface area contributed by atoms with Crippen LogP contribution in [0, 0.1) is 27.7 Å². The number of carbonyl (C=O) groups is 1. The van der Waals surface area contributed by atoms with Crippen LogP contribution in [0.3, 0.4) is 0 Å². The summed E-state index contributed by atoms with van der Waals surface area (Å²) >= 11 is 0. The van der Waals surface area contributed by atoms with Gasteiger partial charge in [0.2, 0.25) is 16.8 Å². The molecule has 1 aliphatic rings. The van der Waals surface area contributed by atoms with Crippen molar-refractivity contribution in [3.05, 3.63) is 57.7 Å². The average Bonchev–Trinajstić information content (AvgIpc) is 3.45. The molecule has 3 aromatic rings. The van der Waals surface area contributed by atoms with E-state index in [1.807, 2.05) is 0 Å². The number of hydrogen-bond acceptors (Lipinski definition) is 8. The number of ether oxygens (including phenoxy) is 3. The van der Waals surface area contributed by atoms with Crippen LogP contribution < -0.4 is 9.47 Å². The van der Waals surface area contributed by atoms with Gasteiger partial charge in [0.25, 0.3) is 0 Å². The van der Waals surface area contributed by atoms with Gasteiger partial charge in [0.15, 0.2) is 17.3 Å². The van der Waals surface area contributed by atoms with Crippen molar-refractivity contribution in [2.45, 2.75) is 52.6 Å². The molecule has 182 valence electrons. The van der Waals surface area contributed by atoms with Gasteiger partial charge in [-0.1, -0.05) is 11.2 Å². The lowest BCUT2D eigenvalue weighted by atomic mass is 10.1. The molecule has 2 aromatic heterocycles. The summed E-state index contributed by atoms with van der Waals surface area (Å²) in [6.45, 7) is 8.83. The first-order valence-corrected chi connectivity index (χ1v) is 12.2. The van der Waals surface area contributed by atoms with Crippen molar-refractivity contribution in [1.82, 2.24) is 14.4 Å². The number of benzene rings is 1. The van der Waals surface area contributed by atoms with Gasteiger partial charge in [-0.15, -0.1) is 0 Å². The Morgan fingerprint density at radius 2 is 1.88 bits per heavy atom. The van der Waals surface area contributed by atoms with Crippen LogP contribution in [0.1, 0.15) is 51.3 Å². The Morgan fingerprint density at radius 3 is 2.56 bits per heavy atom. The highest BCUT2D eigenvalue weighted by Gasteiger charge is 2.33. The van der Waals surface area contributed by atoms with Gasteiger partial charge in [-0.25, -0.2) is 13.2 Å².